The van der Waals surface area contributed by atoms with Crippen LogP contribution in [0.2, 0.25) is 0 Å². The van der Waals surface area contributed by atoms with Crippen molar-refractivity contribution in [1.82, 2.24) is 5.32 Å². The lowest BCUT2D eigenvalue weighted by Crippen LogP contribution is -2.34. The van der Waals surface area contributed by atoms with E-state index in [2.05, 4.69) is 16.7 Å². The first-order valence-electron chi connectivity index (χ1n) is 5.03. The molecule has 1 aliphatic rings. The van der Waals surface area contributed by atoms with Gasteiger partial charge in [0.05, 0.1) is 5.69 Å². The molecule has 0 amide bonds. The first kappa shape index (κ1) is 9.34. The lowest BCUT2D eigenvalue weighted by Gasteiger charge is -2.27. The van der Waals surface area contributed by atoms with Gasteiger partial charge in [0.15, 0.2) is 0 Å². The number of fused-ring (bicyclic) bond motifs is 1. The van der Waals surface area contributed by atoms with E-state index in [1.165, 1.54) is 5.56 Å². The van der Waals surface area contributed by atoms with Gasteiger partial charge in [0.2, 0.25) is 0 Å². The zero-order valence-corrected chi connectivity index (χ0v) is 8.38. The number of aromatic hydroxyl groups is 1. The summed E-state index contributed by atoms with van der Waals surface area (Å²) in [7, 11) is 1.95. The number of anilines is 1. The van der Waals surface area contributed by atoms with E-state index >= 15 is 0 Å². The largest absolute Gasteiger partial charge is 0.506 e. The molecule has 3 nitrogen and oxygen atoms in total. The quantitative estimate of drug-likeness (QED) is 0.619. The maximum atomic E-state index is 9.66. The summed E-state index contributed by atoms with van der Waals surface area (Å²) >= 11 is 0. The first-order chi connectivity index (χ1) is 6.81. The fourth-order valence-corrected chi connectivity index (χ4v) is 1.97. The van der Waals surface area contributed by atoms with Gasteiger partial charge in [-0.15, -0.1) is 0 Å². The van der Waals surface area contributed by atoms with Crippen molar-refractivity contribution in [2.75, 3.05) is 18.9 Å². The lowest BCUT2D eigenvalue weighted by atomic mass is 9.97. The molecule has 14 heavy (non-hydrogen) atoms. The number of aryl methyl sites for hydroxylation is 1. The summed E-state index contributed by atoms with van der Waals surface area (Å²) in [5.41, 5.74) is 2.14. The van der Waals surface area contributed by atoms with Gasteiger partial charge in [-0.2, -0.15) is 0 Å². The molecule has 3 N–H and O–H groups in total. The highest BCUT2D eigenvalue weighted by atomic mass is 16.3. The first-order valence-corrected chi connectivity index (χ1v) is 5.03. The minimum absolute atomic E-state index is 0.364. The number of hydrogen-bond donors (Lipinski definition) is 3. The van der Waals surface area contributed by atoms with Crippen LogP contribution in [0.4, 0.5) is 5.69 Å². The third kappa shape index (κ3) is 1.68. The second kappa shape index (κ2) is 3.88. The molecule has 1 atom stereocenters. The monoisotopic (exact) mass is 192 g/mol. The van der Waals surface area contributed by atoms with Crippen molar-refractivity contribution in [2.24, 2.45) is 0 Å². The van der Waals surface area contributed by atoms with Crippen molar-refractivity contribution in [3.05, 3.63) is 23.8 Å². The number of likely N-dealkylation sites (N-methyl/N-ethyl adjacent to an activating group) is 1. The number of rotatable bonds is 2. The Labute approximate surface area is 84.1 Å². The summed E-state index contributed by atoms with van der Waals surface area (Å²) in [6.45, 7) is 0.938. The number of hydrogen-bond acceptors (Lipinski definition) is 3. The number of nitrogens with one attached hydrogen (secondary N) is 2. The zero-order valence-electron chi connectivity index (χ0n) is 8.38. The van der Waals surface area contributed by atoms with Crippen LogP contribution in [0, 0.1) is 0 Å². The van der Waals surface area contributed by atoms with E-state index in [0.29, 0.717) is 11.8 Å². The highest BCUT2D eigenvalue weighted by Gasteiger charge is 2.18. The zero-order chi connectivity index (χ0) is 9.97. The third-order valence-corrected chi connectivity index (χ3v) is 2.69. The summed E-state index contributed by atoms with van der Waals surface area (Å²) in [5.74, 6) is 0.364. The van der Waals surface area contributed by atoms with E-state index in [9.17, 15) is 5.11 Å². The van der Waals surface area contributed by atoms with E-state index in [1.54, 1.807) is 6.07 Å². The van der Waals surface area contributed by atoms with Gasteiger partial charge in [-0.3, -0.25) is 0 Å². The van der Waals surface area contributed by atoms with E-state index in [4.69, 9.17) is 0 Å². The second-order valence-corrected chi connectivity index (χ2v) is 3.75. The molecular formula is C11H16N2O. The van der Waals surface area contributed by atoms with Crippen molar-refractivity contribution >= 4 is 5.69 Å². The fraction of sp³-hybridized carbons (Fsp3) is 0.455. The van der Waals surface area contributed by atoms with E-state index in [-0.39, 0.29) is 0 Å². The standard InChI is InChI=1S/C11H16N2O/c1-12-7-9-6-5-8-3-2-4-10(14)11(8)13-9/h2-4,9,12-14H,5-7H2,1H3. The summed E-state index contributed by atoms with van der Waals surface area (Å²) in [4.78, 5) is 0. The Morgan fingerprint density at radius 2 is 2.43 bits per heavy atom. The molecule has 0 spiro atoms. The topological polar surface area (TPSA) is 44.3 Å². The molecule has 0 bridgehead atoms. The Hall–Kier alpha value is -1.22. The molecule has 3 heteroatoms. The maximum Gasteiger partial charge on any atom is 0.138 e. The fourth-order valence-electron chi connectivity index (χ4n) is 1.97. The van der Waals surface area contributed by atoms with Gasteiger partial charge in [-0.25, -0.2) is 0 Å². The number of phenolic OH excluding ortho intramolecular Hbond substituents is 1. The molecule has 0 aliphatic carbocycles. The normalized spacial score (nSPS) is 19.9. The van der Waals surface area contributed by atoms with Crippen molar-refractivity contribution < 1.29 is 5.11 Å². The SMILES string of the molecule is CNCC1CCc2cccc(O)c2N1. The van der Waals surface area contributed by atoms with Crippen LogP contribution in [-0.2, 0) is 6.42 Å². The van der Waals surface area contributed by atoms with Gasteiger partial charge in [0, 0.05) is 12.6 Å². The number of phenols is 1. The van der Waals surface area contributed by atoms with Crippen molar-refractivity contribution in [3.8, 4) is 5.75 Å². The highest BCUT2D eigenvalue weighted by molar-refractivity contribution is 5.63. The van der Waals surface area contributed by atoms with E-state index < -0.39 is 0 Å². The van der Waals surface area contributed by atoms with Gasteiger partial charge in [0.1, 0.15) is 5.75 Å². The van der Waals surface area contributed by atoms with Crippen LogP contribution in [-0.4, -0.2) is 24.7 Å². The molecule has 0 saturated carbocycles. The van der Waals surface area contributed by atoms with Gasteiger partial charge >= 0.3 is 0 Å². The average molecular weight is 192 g/mol. The minimum atomic E-state index is 0.364. The Morgan fingerprint density at radius 1 is 1.57 bits per heavy atom. The molecule has 1 aromatic carbocycles. The van der Waals surface area contributed by atoms with Crippen LogP contribution in [0.5, 0.6) is 5.75 Å². The summed E-state index contributed by atoms with van der Waals surface area (Å²) in [5, 5.41) is 16.2. The molecular weight excluding hydrogens is 176 g/mol. The van der Waals surface area contributed by atoms with E-state index in [0.717, 1.165) is 25.1 Å². The smallest absolute Gasteiger partial charge is 0.138 e. The third-order valence-electron chi connectivity index (χ3n) is 2.69. The van der Waals surface area contributed by atoms with Crippen LogP contribution in [0.3, 0.4) is 0 Å². The summed E-state index contributed by atoms with van der Waals surface area (Å²) < 4.78 is 0. The molecule has 1 aromatic rings. The van der Waals surface area contributed by atoms with Crippen LogP contribution >= 0.6 is 0 Å². The maximum absolute atomic E-state index is 9.66. The predicted octanol–water partition coefficient (Wildman–Crippen LogP) is 1.34. The second-order valence-electron chi connectivity index (χ2n) is 3.75. The summed E-state index contributed by atoms with van der Waals surface area (Å²) in [6, 6.07) is 6.13. The molecule has 2 rings (SSSR count). The molecule has 0 aromatic heterocycles. The van der Waals surface area contributed by atoms with Gasteiger partial charge in [0.25, 0.3) is 0 Å². The minimum Gasteiger partial charge on any atom is -0.506 e. The van der Waals surface area contributed by atoms with Crippen LogP contribution < -0.4 is 10.6 Å². The average Bonchev–Trinajstić information content (AvgIpc) is 2.20. The molecule has 1 aliphatic heterocycles. The predicted molar refractivity (Wildman–Crippen MR) is 57.8 cm³/mol. The van der Waals surface area contributed by atoms with Gasteiger partial charge in [-0.05, 0) is 31.5 Å². The molecule has 1 unspecified atom stereocenters. The van der Waals surface area contributed by atoms with Crippen molar-refractivity contribution in [1.29, 1.82) is 0 Å². The molecule has 1 heterocycles. The molecule has 0 radical (unpaired) electrons. The molecule has 0 fully saturated rings. The van der Waals surface area contributed by atoms with Gasteiger partial charge in [-0.1, -0.05) is 12.1 Å². The van der Waals surface area contributed by atoms with Crippen molar-refractivity contribution in [2.45, 2.75) is 18.9 Å². The van der Waals surface area contributed by atoms with Crippen LogP contribution in [0.1, 0.15) is 12.0 Å². The van der Waals surface area contributed by atoms with E-state index in [1.807, 2.05) is 13.1 Å². The Morgan fingerprint density at radius 3 is 3.21 bits per heavy atom. The summed E-state index contributed by atoms with van der Waals surface area (Å²) in [6.07, 6.45) is 2.17. The molecule has 76 valence electrons. The number of para-hydroxylation sites is 1. The Kier molecular flexibility index (Phi) is 2.59. The van der Waals surface area contributed by atoms with Crippen molar-refractivity contribution in [3.63, 3.8) is 0 Å². The van der Waals surface area contributed by atoms with Crippen LogP contribution in [0.25, 0.3) is 0 Å². The number of benzene rings is 1. The Balaban J connectivity index is 2.20. The lowest BCUT2D eigenvalue weighted by molar-refractivity contribution is 0.471. The Bertz CT molecular complexity index is 325. The van der Waals surface area contributed by atoms with Gasteiger partial charge < -0.3 is 15.7 Å². The highest BCUT2D eigenvalue weighted by Crippen LogP contribution is 2.32. The van der Waals surface area contributed by atoms with Crippen LogP contribution in [0.15, 0.2) is 18.2 Å². The molecule has 0 saturated heterocycles.